The second kappa shape index (κ2) is 6.03. The van der Waals surface area contributed by atoms with Crippen LogP contribution in [0.25, 0.3) is 0 Å². The Kier molecular flexibility index (Phi) is 4.40. The van der Waals surface area contributed by atoms with Crippen LogP contribution in [0.4, 0.5) is 0 Å². The molecule has 1 aliphatic rings. The summed E-state index contributed by atoms with van der Waals surface area (Å²) in [5.74, 6) is 0.434. The van der Waals surface area contributed by atoms with Crippen LogP contribution in [0.1, 0.15) is 49.7 Å². The topological polar surface area (TPSA) is 20.3 Å². The molecule has 0 N–H and O–H groups in total. The first-order valence-corrected chi connectivity index (χ1v) is 7.07. The maximum Gasteiger partial charge on any atom is 0.230 e. The zero-order valence-electron chi connectivity index (χ0n) is 11.5. The molecule has 2 nitrogen and oxygen atoms in total. The monoisotopic (exact) mass is 245 g/mol. The van der Waals surface area contributed by atoms with Crippen LogP contribution in [0.15, 0.2) is 24.3 Å². The Hall–Kier alpha value is -1.31. The quantitative estimate of drug-likeness (QED) is 0.727. The summed E-state index contributed by atoms with van der Waals surface area (Å²) in [6.07, 6.45) is 4.55. The minimum atomic E-state index is 0.103. The van der Waals surface area contributed by atoms with Crippen molar-refractivity contribution in [3.63, 3.8) is 0 Å². The van der Waals surface area contributed by atoms with E-state index in [9.17, 15) is 4.79 Å². The molecule has 98 valence electrons. The van der Waals surface area contributed by atoms with Crippen molar-refractivity contribution in [3.05, 3.63) is 35.4 Å². The van der Waals surface area contributed by atoms with Crippen LogP contribution in [0.3, 0.4) is 0 Å². The lowest BCUT2D eigenvalue weighted by Gasteiger charge is -2.16. The van der Waals surface area contributed by atoms with Crippen LogP contribution in [0, 0.1) is 6.92 Å². The number of hydrogen-bond acceptors (Lipinski definition) is 1. The highest BCUT2D eigenvalue weighted by Gasteiger charge is 2.32. The van der Waals surface area contributed by atoms with Crippen molar-refractivity contribution in [1.29, 1.82) is 0 Å². The summed E-state index contributed by atoms with van der Waals surface area (Å²) in [5.41, 5.74) is 2.43. The molecule has 1 atom stereocenters. The van der Waals surface area contributed by atoms with E-state index in [1.807, 2.05) is 4.90 Å². The minimum Gasteiger partial charge on any atom is -0.342 e. The summed E-state index contributed by atoms with van der Waals surface area (Å²) < 4.78 is 0. The van der Waals surface area contributed by atoms with Gasteiger partial charge >= 0.3 is 0 Å². The number of carbonyl (C=O) groups is 1. The van der Waals surface area contributed by atoms with Gasteiger partial charge in [0.15, 0.2) is 0 Å². The first-order valence-electron chi connectivity index (χ1n) is 7.07. The Bertz CT molecular complexity index is 413. The average Bonchev–Trinajstić information content (AvgIpc) is 2.72. The van der Waals surface area contributed by atoms with E-state index in [1.165, 1.54) is 24.0 Å². The molecular weight excluding hydrogens is 222 g/mol. The van der Waals surface area contributed by atoms with Gasteiger partial charge < -0.3 is 4.90 Å². The van der Waals surface area contributed by atoms with Crippen LogP contribution in [0.2, 0.25) is 0 Å². The van der Waals surface area contributed by atoms with Crippen LogP contribution in [0.5, 0.6) is 0 Å². The smallest absolute Gasteiger partial charge is 0.230 e. The molecule has 1 aromatic rings. The van der Waals surface area contributed by atoms with Crippen molar-refractivity contribution in [2.45, 2.75) is 45.4 Å². The van der Waals surface area contributed by atoms with Crippen molar-refractivity contribution >= 4 is 5.91 Å². The number of carbonyl (C=O) groups excluding carboxylic acids is 1. The first kappa shape index (κ1) is 13.1. The second-order valence-electron chi connectivity index (χ2n) is 5.29. The largest absolute Gasteiger partial charge is 0.342 e. The van der Waals surface area contributed by atoms with Gasteiger partial charge in [-0.25, -0.2) is 0 Å². The Morgan fingerprint density at radius 2 is 2.17 bits per heavy atom. The summed E-state index contributed by atoms with van der Waals surface area (Å²) in [6, 6.07) is 8.38. The number of likely N-dealkylation sites (tertiary alicyclic amines) is 1. The highest BCUT2D eigenvalue weighted by atomic mass is 16.2. The fraction of sp³-hybridized carbons (Fsp3) is 0.562. The molecule has 1 heterocycles. The zero-order valence-corrected chi connectivity index (χ0v) is 11.5. The number of benzene rings is 1. The Morgan fingerprint density at radius 3 is 2.89 bits per heavy atom. The summed E-state index contributed by atoms with van der Waals surface area (Å²) in [5, 5.41) is 0. The molecule has 2 rings (SSSR count). The first-order chi connectivity index (χ1) is 8.72. The van der Waals surface area contributed by atoms with E-state index in [4.69, 9.17) is 0 Å². The number of amides is 1. The second-order valence-corrected chi connectivity index (χ2v) is 5.29. The van der Waals surface area contributed by atoms with E-state index in [-0.39, 0.29) is 5.92 Å². The van der Waals surface area contributed by atoms with Crippen molar-refractivity contribution < 1.29 is 4.79 Å². The number of aryl methyl sites for hydroxylation is 1. The fourth-order valence-corrected chi connectivity index (χ4v) is 2.71. The molecule has 0 aromatic heterocycles. The summed E-state index contributed by atoms with van der Waals surface area (Å²) in [7, 11) is 0. The molecule has 18 heavy (non-hydrogen) atoms. The van der Waals surface area contributed by atoms with Crippen molar-refractivity contribution in [2.24, 2.45) is 0 Å². The van der Waals surface area contributed by atoms with Crippen LogP contribution < -0.4 is 0 Å². The molecular formula is C16H23NO. The predicted molar refractivity (Wildman–Crippen MR) is 74.6 cm³/mol. The van der Waals surface area contributed by atoms with Crippen LogP contribution in [-0.4, -0.2) is 23.9 Å². The number of hydrogen-bond donors (Lipinski definition) is 0. The van der Waals surface area contributed by atoms with Gasteiger partial charge in [-0.2, -0.15) is 0 Å². The molecule has 1 unspecified atom stereocenters. The Morgan fingerprint density at radius 1 is 1.33 bits per heavy atom. The summed E-state index contributed by atoms with van der Waals surface area (Å²) >= 11 is 0. The Labute approximate surface area is 110 Å². The van der Waals surface area contributed by atoms with E-state index < -0.39 is 0 Å². The zero-order chi connectivity index (χ0) is 13.0. The van der Waals surface area contributed by atoms with Crippen molar-refractivity contribution in [1.82, 2.24) is 4.90 Å². The van der Waals surface area contributed by atoms with Crippen LogP contribution in [-0.2, 0) is 4.79 Å². The fourth-order valence-electron chi connectivity index (χ4n) is 2.71. The molecule has 0 saturated carbocycles. The van der Waals surface area contributed by atoms with E-state index >= 15 is 0 Å². The molecule has 0 spiro atoms. The van der Waals surface area contributed by atoms with Gasteiger partial charge in [0.25, 0.3) is 0 Å². The van der Waals surface area contributed by atoms with E-state index in [1.54, 1.807) is 0 Å². The summed E-state index contributed by atoms with van der Waals surface area (Å²) in [6.45, 7) is 6.15. The molecule has 1 aliphatic heterocycles. The van der Waals surface area contributed by atoms with Gasteiger partial charge in [-0.05, 0) is 25.3 Å². The van der Waals surface area contributed by atoms with Gasteiger partial charge in [-0.1, -0.05) is 49.6 Å². The third kappa shape index (κ3) is 2.92. The van der Waals surface area contributed by atoms with Crippen molar-refractivity contribution in [2.75, 3.05) is 13.1 Å². The van der Waals surface area contributed by atoms with E-state index in [2.05, 4.69) is 38.1 Å². The molecule has 0 aliphatic carbocycles. The molecule has 1 aromatic carbocycles. The third-order valence-corrected chi connectivity index (χ3v) is 3.77. The van der Waals surface area contributed by atoms with Gasteiger partial charge in [0.05, 0.1) is 5.92 Å². The average molecular weight is 245 g/mol. The van der Waals surface area contributed by atoms with Gasteiger partial charge in [0.2, 0.25) is 5.91 Å². The molecule has 1 saturated heterocycles. The van der Waals surface area contributed by atoms with Gasteiger partial charge in [-0.3, -0.25) is 4.79 Å². The van der Waals surface area contributed by atoms with Crippen molar-refractivity contribution in [3.8, 4) is 0 Å². The van der Waals surface area contributed by atoms with E-state index in [0.29, 0.717) is 5.91 Å². The standard InChI is InChI=1S/C16H23NO/c1-3-4-5-10-17-11-9-15(16(17)18)14-8-6-7-13(2)12-14/h6-8,12,15H,3-5,9-11H2,1-2H3. The Balaban J connectivity index is 1.98. The minimum absolute atomic E-state index is 0.103. The lowest BCUT2D eigenvalue weighted by atomic mass is 9.96. The van der Waals surface area contributed by atoms with Gasteiger partial charge in [-0.15, -0.1) is 0 Å². The van der Waals surface area contributed by atoms with Gasteiger partial charge in [0.1, 0.15) is 0 Å². The third-order valence-electron chi connectivity index (χ3n) is 3.77. The molecule has 0 radical (unpaired) electrons. The molecule has 1 amide bonds. The normalized spacial score (nSPS) is 19.6. The lowest BCUT2D eigenvalue weighted by molar-refractivity contribution is -0.129. The molecule has 0 bridgehead atoms. The number of nitrogens with zero attached hydrogens (tertiary/aromatic N) is 1. The SMILES string of the molecule is CCCCCN1CCC(c2cccc(C)c2)C1=O. The maximum atomic E-state index is 12.3. The number of unbranched alkanes of at least 4 members (excludes halogenated alkanes) is 2. The summed E-state index contributed by atoms with van der Waals surface area (Å²) in [4.78, 5) is 14.4. The lowest BCUT2D eigenvalue weighted by Crippen LogP contribution is -2.27. The van der Waals surface area contributed by atoms with Crippen LogP contribution >= 0.6 is 0 Å². The highest BCUT2D eigenvalue weighted by Crippen LogP contribution is 2.29. The number of rotatable bonds is 5. The highest BCUT2D eigenvalue weighted by molar-refractivity contribution is 5.85. The van der Waals surface area contributed by atoms with E-state index in [0.717, 1.165) is 25.9 Å². The molecule has 1 fully saturated rings. The van der Waals surface area contributed by atoms with Gasteiger partial charge in [0, 0.05) is 13.1 Å². The predicted octanol–water partition coefficient (Wildman–Crippen LogP) is 3.50. The maximum absolute atomic E-state index is 12.3. The molecule has 2 heteroatoms.